The lowest BCUT2D eigenvalue weighted by molar-refractivity contribution is 0.102. The van der Waals surface area contributed by atoms with Crippen LogP contribution >= 0.6 is 0 Å². The fourth-order valence-corrected chi connectivity index (χ4v) is 4.39. The second kappa shape index (κ2) is 9.71. The predicted octanol–water partition coefficient (Wildman–Crippen LogP) is 4.91. The molecule has 35 heavy (non-hydrogen) atoms. The highest BCUT2D eigenvalue weighted by molar-refractivity contribution is 6.07. The quantitative estimate of drug-likeness (QED) is 0.368. The standard InChI is InChI=1S/C26H27FN6O2/c1-33-13-11-17(12-14-33)16-3-5-18(6-4-16)26(34)30-25-20-8-10-23(29-24(20)31-32-25)28-19-7-9-22(35-2)21(27)15-19/h3-10,15,17H,11-14H2,1-2H3,(H3,28,29,30,31,32,34). The molecule has 0 atom stereocenters. The number of anilines is 3. The first-order valence-electron chi connectivity index (χ1n) is 11.6. The monoisotopic (exact) mass is 474 g/mol. The highest BCUT2D eigenvalue weighted by atomic mass is 19.1. The molecule has 1 saturated heterocycles. The third-order valence-corrected chi connectivity index (χ3v) is 6.44. The van der Waals surface area contributed by atoms with Crippen LogP contribution in [-0.2, 0) is 0 Å². The third-order valence-electron chi connectivity index (χ3n) is 6.44. The summed E-state index contributed by atoms with van der Waals surface area (Å²) in [6, 6.07) is 16.0. The van der Waals surface area contributed by atoms with E-state index < -0.39 is 5.82 Å². The highest BCUT2D eigenvalue weighted by Crippen LogP contribution is 2.28. The lowest BCUT2D eigenvalue weighted by Crippen LogP contribution is -2.29. The molecule has 9 heteroatoms. The molecule has 0 spiro atoms. The lowest BCUT2D eigenvalue weighted by Gasteiger charge is -2.29. The summed E-state index contributed by atoms with van der Waals surface area (Å²) in [5, 5.41) is 13.6. The number of nitrogens with one attached hydrogen (secondary N) is 3. The summed E-state index contributed by atoms with van der Waals surface area (Å²) in [5.41, 5.74) is 2.88. The number of likely N-dealkylation sites (tertiary alicyclic amines) is 1. The first kappa shape index (κ1) is 22.8. The van der Waals surface area contributed by atoms with Crippen molar-refractivity contribution in [1.82, 2.24) is 20.1 Å². The van der Waals surface area contributed by atoms with Gasteiger partial charge in [-0.3, -0.25) is 9.89 Å². The number of methoxy groups -OCH3 is 1. The first-order chi connectivity index (χ1) is 17.0. The van der Waals surface area contributed by atoms with Gasteiger partial charge in [0.05, 0.1) is 12.5 Å². The molecule has 180 valence electrons. The maximum absolute atomic E-state index is 14.0. The number of H-pyrrole nitrogens is 1. The molecule has 4 aromatic rings. The average molecular weight is 475 g/mol. The minimum Gasteiger partial charge on any atom is -0.494 e. The minimum atomic E-state index is -0.468. The van der Waals surface area contributed by atoms with Crippen molar-refractivity contribution < 1.29 is 13.9 Å². The molecule has 0 radical (unpaired) electrons. The number of fused-ring (bicyclic) bond motifs is 1. The van der Waals surface area contributed by atoms with Gasteiger partial charge >= 0.3 is 0 Å². The van der Waals surface area contributed by atoms with Crippen molar-refractivity contribution in [2.75, 3.05) is 37.9 Å². The van der Waals surface area contributed by atoms with Crippen molar-refractivity contribution in [2.45, 2.75) is 18.8 Å². The average Bonchev–Trinajstić information content (AvgIpc) is 3.26. The number of hydrogen-bond donors (Lipinski definition) is 3. The van der Waals surface area contributed by atoms with Crippen LogP contribution in [0.2, 0.25) is 0 Å². The Morgan fingerprint density at radius 2 is 1.89 bits per heavy atom. The number of carbonyl (C=O) groups excluding carboxylic acids is 1. The van der Waals surface area contributed by atoms with E-state index in [-0.39, 0.29) is 11.7 Å². The molecule has 5 rings (SSSR count). The first-order valence-corrected chi connectivity index (χ1v) is 11.6. The van der Waals surface area contributed by atoms with Crippen molar-refractivity contribution in [1.29, 1.82) is 0 Å². The zero-order chi connectivity index (χ0) is 24.4. The van der Waals surface area contributed by atoms with Crippen LogP contribution in [0.15, 0.2) is 54.6 Å². The highest BCUT2D eigenvalue weighted by Gasteiger charge is 2.19. The van der Waals surface area contributed by atoms with Gasteiger partial charge in [-0.15, -0.1) is 0 Å². The smallest absolute Gasteiger partial charge is 0.256 e. The lowest BCUT2D eigenvalue weighted by atomic mass is 9.89. The van der Waals surface area contributed by atoms with Crippen molar-refractivity contribution in [3.63, 3.8) is 0 Å². The van der Waals surface area contributed by atoms with E-state index >= 15 is 0 Å². The number of aromatic nitrogens is 3. The number of hydrogen-bond acceptors (Lipinski definition) is 6. The number of rotatable bonds is 6. The Hall–Kier alpha value is -3.98. The summed E-state index contributed by atoms with van der Waals surface area (Å²) in [5.74, 6) is 0.923. The van der Waals surface area contributed by atoms with Gasteiger partial charge in [0.15, 0.2) is 23.0 Å². The summed E-state index contributed by atoms with van der Waals surface area (Å²) in [6.07, 6.45) is 2.27. The van der Waals surface area contributed by atoms with Crippen LogP contribution in [0.4, 0.5) is 21.7 Å². The molecule has 1 fully saturated rings. The van der Waals surface area contributed by atoms with Crippen LogP contribution in [0.3, 0.4) is 0 Å². The molecular weight excluding hydrogens is 447 g/mol. The Labute approximate surface area is 202 Å². The summed E-state index contributed by atoms with van der Waals surface area (Å²) < 4.78 is 18.9. The second-order valence-corrected chi connectivity index (χ2v) is 8.79. The minimum absolute atomic E-state index is 0.171. The van der Waals surface area contributed by atoms with Gasteiger partial charge in [-0.05, 0) is 80.9 Å². The molecule has 2 aromatic heterocycles. The van der Waals surface area contributed by atoms with E-state index in [1.54, 1.807) is 24.3 Å². The molecule has 3 N–H and O–H groups in total. The second-order valence-electron chi connectivity index (χ2n) is 8.79. The fraction of sp³-hybridized carbons (Fsp3) is 0.269. The maximum atomic E-state index is 14.0. The van der Waals surface area contributed by atoms with E-state index in [0.29, 0.717) is 39.8 Å². The number of ether oxygens (including phenoxy) is 1. The molecule has 0 aliphatic carbocycles. The van der Waals surface area contributed by atoms with Gasteiger partial charge in [0.1, 0.15) is 5.82 Å². The molecular formula is C26H27FN6O2. The Morgan fingerprint density at radius 1 is 1.11 bits per heavy atom. The van der Waals surface area contributed by atoms with E-state index in [2.05, 4.69) is 49.9 Å². The van der Waals surface area contributed by atoms with Gasteiger partial charge in [0.25, 0.3) is 5.91 Å². The number of aromatic amines is 1. The third kappa shape index (κ3) is 4.95. The van der Waals surface area contributed by atoms with Crippen LogP contribution in [0, 0.1) is 5.82 Å². The summed E-state index contributed by atoms with van der Waals surface area (Å²) in [6.45, 7) is 2.20. The molecule has 0 saturated carbocycles. The largest absolute Gasteiger partial charge is 0.494 e. The molecule has 3 heterocycles. The number of nitrogens with zero attached hydrogens (tertiary/aromatic N) is 3. The number of carbonyl (C=O) groups is 1. The molecule has 2 aromatic carbocycles. The molecule has 0 unspecified atom stereocenters. The zero-order valence-corrected chi connectivity index (χ0v) is 19.6. The van der Waals surface area contributed by atoms with Crippen molar-refractivity contribution >= 4 is 34.3 Å². The van der Waals surface area contributed by atoms with Gasteiger partial charge in [-0.2, -0.15) is 5.10 Å². The zero-order valence-electron chi connectivity index (χ0n) is 19.6. The van der Waals surface area contributed by atoms with Crippen LogP contribution in [0.1, 0.15) is 34.7 Å². The summed E-state index contributed by atoms with van der Waals surface area (Å²) >= 11 is 0. The fourth-order valence-electron chi connectivity index (χ4n) is 4.39. The van der Waals surface area contributed by atoms with Crippen LogP contribution in [0.25, 0.3) is 11.0 Å². The maximum Gasteiger partial charge on any atom is 0.256 e. The van der Waals surface area contributed by atoms with E-state index in [0.717, 1.165) is 25.9 Å². The van der Waals surface area contributed by atoms with Gasteiger partial charge in [-0.1, -0.05) is 12.1 Å². The van der Waals surface area contributed by atoms with Crippen molar-refractivity contribution in [3.05, 3.63) is 71.5 Å². The van der Waals surface area contributed by atoms with E-state index in [1.165, 1.54) is 18.7 Å². The normalized spacial score (nSPS) is 14.7. The van der Waals surface area contributed by atoms with Crippen LogP contribution in [0.5, 0.6) is 5.75 Å². The van der Waals surface area contributed by atoms with E-state index in [4.69, 9.17) is 4.74 Å². The van der Waals surface area contributed by atoms with Crippen molar-refractivity contribution in [2.24, 2.45) is 0 Å². The Kier molecular flexibility index (Phi) is 6.33. The number of pyridine rings is 1. The molecule has 0 bridgehead atoms. The van der Waals surface area contributed by atoms with Crippen molar-refractivity contribution in [3.8, 4) is 5.75 Å². The van der Waals surface area contributed by atoms with Gasteiger partial charge in [0, 0.05) is 17.3 Å². The van der Waals surface area contributed by atoms with Gasteiger partial charge < -0.3 is 20.3 Å². The summed E-state index contributed by atoms with van der Waals surface area (Å²) in [4.78, 5) is 19.6. The topological polar surface area (TPSA) is 95.2 Å². The molecule has 1 aliphatic rings. The molecule has 1 aliphatic heterocycles. The number of piperidine rings is 1. The number of halogens is 1. The number of benzene rings is 2. The van der Waals surface area contributed by atoms with Crippen LogP contribution < -0.4 is 15.4 Å². The van der Waals surface area contributed by atoms with Gasteiger partial charge in [-0.25, -0.2) is 9.37 Å². The van der Waals surface area contributed by atoms with Gasteiger partial charge in [0.2, 0.25) is 0 Å². The molecule has 8 nitrogen and oxygen atoms in total. The van der Waals surface area contributed by atoms with Crippen LogP contribution in [-0.4, -0.2) is 53.2 Å². The Balaban J connectivity index is 1.26. The summed E-state index contributed by atoms with van der Waals surface area (Å²) in [7, 11) is 3.57. The Bertz CT molecular complexity index is 1350. The molecule has 1 amide bonds. The SMILES string of the molecule is COc1ccc(Nc2ccc3c(NC(=O)c4ccc(C5CCN(C)CC5)cc4)n[nH]c3n2)cc1F. The van der Waals surface area contributed by atoms with E-state index in [1.807, 2.05) is 12.1 Å². The Morgan fingerprint density at radius 3 is 2.60 bits per heavy atom. The number of amides is 1. The predicted molar refractivity (Wildman–Crippen MR) is 134 cm³/mol. The van der Waals surface area contributed by atoms with E-state index in [9.17, 15) is 9.18 Å².